The number of fused-ring (bicyclic) bond motifs is 1. The Morgan fingerprint density at radius 3 is 2.76 bits per heavy atom. The lowest BCUT2D eigenvalue weighted by molar-refractivity contribution is -0.121. The van der Waals surface area contributed by atoms with Crippen LogP contribution >= 0.6 is 0 Å². The number of aromatic hydroxyl groups is 1. The number of hydrogen-bond donors (Lipinski definition) is 3. The third-order valence-electron chi connectivity index (χ3n) is 3.25. The number of nitrogens with one attached hydrogen (secondary N) is 1. The van der Waals surface area contributed by atoms with Crippen molar-refractivity contribution >= 4 is 22.8 Å². The van der Waals surface area contributed by atoms with E-state index in [1.165, 1.54) is 12.1 Å². The highest BCUT2D eigenvalue weighted by molar-refractivity contribution is 6.06. The highest BCUT2D eigenvalue weighted by atomic mass is 16.5. The Kier molecular flexibility index (Phi) is 4.13. The zero-order chi connectivity index (χ0) is 15.6. The molecule has 1 aromatic carbocycles. The van der Waals surface area contributed by atoms with Gasteiger partial charge in [0.25, 0.3) is 5.91 Å². The number of hydrazine groups is 1. The summed E-state index contributed by atoms with van der Waals surface area (Å²) in [6.45, 7) is 3.65. The molecule has 1 heterocycles. The molecule has 7 nitrogen and oxygen atoms in total. The van der Waals surface area contributed by atoms with Crippen molar-refractivity contribution in [3.63, 3.8) is 0 Å². The van der Waals surface area contributed by atoms with Gasteiger partial charge in [0.15, 0.2) is 0 Å². The standard InChI is InChI=1S/C14H17N3O4/c1-3-21-14(20)13-8(2)17(7-12(19)16-15)11-5-4-9(18)6-10(11)13/h4-6,18H,3,7,15H2,1-2H3,(H,16,19). The van der Waals surface area contributed by atoms with Gasteiger partial charge in [0.1, 0.15) is 12.3 Å². The average Bonchev–Trinajstić information content (AvgIpc) is 2.71. The summed E-state index contributed by atoms with van der Waals surface area (Å²) in [5.74, 6) is 4.26. The predicted molar refractivity (Wildman–Crippen MR) is 76.6 cm³/mol. The minimum absolute atomic E-state index is 0.0248. The summed E-state index contributed by atoms with van der Waals surface area (Å²) >= 11 is 0. The Balaban J connectivity index is 2.66. The molecule has 1 aromatic heterocycles. The Labute approximate surface area is 121 Å². The van der Waals surface area contributed by atoms with Crippen LogP contribution in [0.5, 0.6) is 5.75 Å². The molecular weight excluding hydrogens is 274 g/mol. The van der Waals surface area contributed by atoms with E-state index in [1.54, 1.807) is 24.5 Å². The topological polar surface area (TPSA) is 107 Å². The van der Waals surface area contributed by atoms with E-state index in [4.69, 9.17) is 10.6 Å². The molecule has 0 saturated carbocycles. The molecule has 112 valence electrons. The first-order valence-corrected chi connectivity index (χ1v) is 6.48. The minimum atomic E-state index is -0.488. The number of nitrogens with zero attached hydrogens (tertiary/aromatic N) is 1. The van der Waals surface area contributed by atoms with Gasteiger partial charge in [0.05, 0.1) is 12.2 Å². The highest BCUT2D eigenvalue weighted by Gasteiger charge is 2.22. The number of benzene rings is 1. The first-order valence-electron chi connectivity index (χ1n) is 6.48. The molecule has 21 heavy (non-hydrogen) atoms. The van der Waals surface area contributed by atoms with Gasteiger partial charge in [-0.2, -0.15) is 0 Å². The van der Waals surface area contributed by atoms with Crippen molar-refractivity contribution in [3.8, 4) is 5.75 Å². The normalized spacial score (nSPS) is 10.6. The average molecular weight is 291 g/mol. The summed E-state index contributed by atoms with van der Waals surface area (Å²) in [5.41, 5.74) is 3.63. The van der Waals surface area contributed by atoms with Crippen LogP contribution in [-0.2, 0) is 16.1 Å². The first-order chi connectivity index (χ1) is 9.99. The molecule has 0 radical (unpaired) electrons. The van der Waals surface area contributed by atoms with E-state index in [0.717, 1.165) is 0 Å². The summed E-state index contributed by atoms with van der Waals surface area (Å²) in [6.07, 6.45) is 0. The molecule has 7 heteroatoms. The molecule has 0 spiro atoms. The Bertz CT molecular complexity index is 706. The smallest absolute Gasteiger partial charge is 0.340 e. The zero-order valence-electron chi connectivity index (χ0n) is 11.8. The third kappa shape index (κ3) is 2.68. The number of hydrogen-bond acceptors (Lipinski definition) is 5. The second-order valence-corrected chi connectivity index (χ2v) is 4.54. The SMILES string of the molecule is CCOC(=O)c1c(C)n(CC(=O)NN)c2ccc(O)cc12. The fourth-order valence-electron chi connectivity index (χ4n) is 2.32. The molecular formula is C14H17N3O4. The number of esters is 1. The number of phenols is 1. The van der Waals surface area contributed by atoms with Crippen molar-refractivity contribution in [2.75, 3.05) is 6.61 Å². The number of nitrogens with two attached hydrogens (primary N) is 1. The van der Waals surface area contributed by atoms with E-state index in [0.29, 0.717) is 22.2 Å². The monoisotopic (exact) mass is 291 g/mol. The molecule has 0 unspecified atom stereocenters. The van der Waals surface area contributed by atoms with E-state index in [9.17, 15) is 14.7 Å². The number of carbonyl (C=O) groups excluding carboxylic acids is 2. The summed E-state index contributed by atoms with van der Waals surface area (Å²) < 4.78 is 6.70. The fourth-order valence-corrected chi connectivity index (χ4v) is 2.32. The second-order valence-electron chi connectivity index (χ2n) is 4.54. The minimum Gasteiger partial charge on any atom is -0.508 e. The number of phenolic OH excluding ortho intramolecular Hbond substituents is 1. The van der Waals surface area contributed by atoms with Crippen molar-refractivity contribution in [1.29, 1.82) is 0 Å². The molecule has 0 aliphatic rings. The van der Waals surface area contributed by atoms with Crippen LogP contribution in [0.3, 0.4) is 0 Å². The Hall–Kier alpha value is -2.54. The number of amides is 1. The lowest BCUT2D eigenvalue weighted by Gasteiger charge is -2.07. The van der Waals surface area contributed by atoms with Gasteiger partial charge in [-0.15, -0.1) is 0 Å². The quantitative estimate of drug-likeness (QED) is 0.335. The molecule has 1 amide bonds. The van der Waals surface area contributed by atoms with Gasteiger partial charge in [-0.3, -0.25) is 10.2 Å². The van der Waals surface area contributed by atoms with Crippen LogP contribution in [-0.4, -0.2) is 28.2 Å². The molecule has 4 N–H and O–H groups in total. The summed E-state index contributed by atoms with van der Waals surface area (Å²) in [7, 11) is 0. The maximum atomic E-state index is 12.1. The van der Waals surface area contributed by atoms with Gasteiger partial charge >= 0.3 is 5.97 Å². The molecule has 0 aliphatic heterocycles. The lowest BCUT2D eigenvalue weighted by Crippen LogP contribution is -2.33. The summed E-state index contributed by atoms with van der Waals surface area (Å²) in [5, 5.41) is 10.2. The van der Waals surface area contributed by atoms with Crippen molar-refractivity contribution in [2.24, 2.45) is 5.84 Å². The maximum Gasteiger partial charge on any atom is 0.340 e. The van der Waals surface area contributed by atoms with Gasteiger partial charge < -0.3 is 14.4 Å². The zero-order valence-corrected chi connectivity index (χ0v) is 11.8. The Morgan fingerprint density at radius 1 is 1.43 bits per heavy atom. The Morgan fingerprint density at radius 2 is 2.14 bits per heavy atom. The number of aromatic nitrogens is 1. The molecule has 0 bridgehead atoms. The molecule has 0 atom stereocenters. The molecule has 0 aliphatic carbocycles. The molecule has 2 rings (SSSR count). The van der Waals surface area contributed by atoms with Gasteiger partial charge in [-0.1, -0.05) is 0 Å². The third-order valence-corrected chi connectivity index (χ3v) is 3.25. The van der Waals surface area contributed by atoms with E-state index < -0.39 is 11.9 Å². The van der Waals surface area contributed by atoms with Gasteiger partial charge in [0.2, 0.25) is 0 Å². The van der Waals surface area contributed by atoms with Crippen LogP contribution in [0.4, 0.5) is 0 Å². The predicted octanol–water partition coefficient (Wildman–Crippen LogP) is 0.822. The van der Waals surface area contributed by atoms with Crippen LogP contribution in [0.2, 0.25) is 0 Å². The van der Waals surface area contributed by atoms with Crippen molar-refractivity contribution in [1.82, 2.24) is 9.99 Å². The van der Waals surface area contributed by atoms with Crippen LogP contribution in [0.15, 0.2) is 18.2 Å². The molecule has 2 aromatic rings. The summed E-state index contributed by atoms with van der Waals surface area (Å²) in [6, 6.07) is 4.61. The van der Waals surface area contributed by atoms with Gasteiger partial charge in [-0.25, -0.2) is 10.6 Å². The van der Waals surface area contributed by atoms with Crippen molar-refractivity contribution < 1.29 is 19.4 Å². The first kappa shape index (κ1) is 14.9. The van der Waals surface area contributed by atoms with Crippen LogP contribution in [0.1, 0.15) is 23.0 Å². The number of ether oxygens (including phenoxy) is 1. The van der Waals surface area contributed by atoms with Crippen LogP contribution in [0, 0.1) is 6.92 Å². The number of rotatable bonds is 4. The van der Waals surface area contributed by atoms with Crippen molar-refractivity contribution in [3.05, 3.63) is 29.5 Å². The maximum absolute atomic E-state index is 12.1. The summed E-state index contributed by atoms with van der Waals surface area (Å²) in [4.78, 5) is 23.6. The second kappa shape index (κ2) is 5.84. The largest absolute Gasteiger partial charge is 0.508 e. The van der Waals surface area contributed by atoms with Crippen LogP contribution in [0.25, 0.3) is 10.9 Å². The molecule has 0 fully saturated rings. The highest BCUT2D eigenvalue weighted by Crippen LogP contribution is 2.29. The van der Waals surface area contributed by atoms with Gasteiger partial charge in [-0.05, 0) is 32.0 Å². The van der Waals surface area contributed by atoms with Crippen molar-refractivity contribution in [2.45, 2.75) is 20.4 Å². The van der Waals surface area contributed by atoms with E-state index in [2.05, 4.69) is 5.43 Å². The lowest BCUT2D eigenvalue weighted by atomic mass is 10.1. The van der Waals surface area contributed by atoms with E-state index in [1.807, 2.05) is 0 Å². The number of carbonyl (C=O) groups is 2. The van der Waals surface area contributed by atoms with Gasteiger partial charge in [0, 0.05) is 16.6 Å². The van der Waals surface area contributed by atoms with Crippen LogP contribution < -0.4 is 11.3 Å². The fraction of sp³-hybridized carbons (Fsp3) is 0.286. The van der Waals surface area contributed by atoms with E-state index >= 15 is 0 Å². The molecule has 0 saturated heterocycles. The van der Waals surface area contributed by atoms with E-state index in [-0.39, 0.29) is 18.9 Å².